The number of hydrogen-bond acceptors (Lipinski definition) is 10. The summed E-state index contributed by atoms with van der Waals surface area (Å²) in [5.74, 6) is -1.68. The number of nitriles is 1. The van der Waals surface area contributed by atoms with E-state index in [0.717, 1.165) is 11.1 Å². The van der Waals surface area contributed by atoms with Crippen LogP contribution in [-0.2, 0) is 9.59 Å². The van der Waals surface area contributed by atoms with Crippen LogP contribution in [0.5, 0.6) is 0 Å². The number of carboxylic acid groups (broad SMARTS) is 1. The number of ketones is 1. The van der Waals surface area contributed by atoms with E-state index in [1.807, 2.05) is 45.0 Å². The maximum absolute atomic E-state index is 13.7. The molecule has 0 fully saturated rings. The van der Waals surface area contributed by atoms with Gasteiger partial charge in [-0.15, -0.1) is 10.2 Å². The number of carbonyl (C=O) groups is 3. The molecule has 10 nitrogen and oxygen atoms in total. The second-order valence-electron chi connectivity index (χ2n) is 11.0. The van der Waals surface area contributed by atoms with Crippen LogP contribution in [0, 0.1) is 23.7 Å². The Hall–Kier alpha value is -4.47. The Kier molecular flexibility index (Phi) is 7.90. The van der Waals surface area contributed by atoms with Crippen LogP contribution < -0.4 is 16.0 Å². The molecule has 0 saturated carbocycles. The molecule has 2 aliphatic rings. The molecule has 0 bridgehead atoms. The standard InChI is InChI=1S/C30H28N6O4S2/c1-16-4-6-17(7-5-16)24-20(14-31)26(32)36(21-12-30(2,3)13-22(37)25(21)24)28-34-35-29(42-28)41-15-23(38)33-19-10-8-18(9-11-19)27(39)40/h4-11,24H,12-13,15,32H2,1-3H3,(H,33,38)(H,39,40). The number of allylic oxidation sites excluding steroid dienone is 3. The third-order valence-electron chi connectivity index (χ3n) is 7.12. The molecule has 0 radical (unpaired) electrons. The molecular formula is C30H28N6O4S2. The van der Waals surface area contributed by atoms with E-state index >= 15 is 0 Å². The average Bonchev–Trinajstić information content (AvgIpc) is 3.40. The van der Waals surface area contributed by atoms with Crippen LogP contribution in [0.2, 0.25) is 0 Å². The lowest BCUT2D eigenvalue weighted by Gasteiger charge is -2.42. The molecule has 4 N–H and O–H groups in total. The van der Waals surface area contributed by atoms with Gasteiger partial charge in [-0.2, -0.15) is 5.26 Å². The zero-order valence-electron chi connectivity index (χ0n) is 23.2. The number of nitrogens with two attached hydrogens (primary N) is 1. The van der Waals surface area contributed by atoms with E-state index < -0.39 is 11.9 Å². The van der Waals surface area contributed by atoms with Crippen LogP contribution in [0.4, 0.5) is 10.8 Å². The summed E-state index contributed by atoms with van der Waals surface area (Å²) in [5, 5.41) is 31.0. The van der Waals surface area contributed by atoms with E-state index in [9.17, 15) is 19.6 Å². The van der Waals surface area contributed by atoms with Gasteiger partial charge in [-0.25, -0.2) is 4.79 Å². The number of carbonyl (C=O) groups excluding carboxylic acids is 2. The van der Waals surface area contributed by atoms with Crippen LogP contribution in [0.25, 0.3) is 0 Å². The van der Waals surface area contributed by atoms with Crippen LogP contribution in [0.1, 0.15) is 54.1 Å². The van der Waals surface area contributed by atoms with Crippen LogP contribution in [0.15, 0.2) is 75.5 Å². The summed E-state index contributed by atoms with van der Waals surface area (Å²) in [7, 11) is 0. The first-order chi connectivity index (χ1) is 20.0. The molecule has 1 aromatic heterocycles. The van der Waals surface area contributed by atoms with Crippen molar-refractivity contribution in [2.75, 3.05) is 16.0 Å². The maximum atomic E-state index is 13.7. The molecule has 42 heavy (non-hydrogen) atoms. The second-order valence-corrected chi connectivity index (χ2v) is 13.1. The molecule has 1 aliphatic carbocycles. The van der Waals surface area contributed by atoms with Crippen molar-refractivity contribution in [2.45, 2.75) is 43.9 Å². The van der Waals surface area contributed by atoms with Crippen molar-refractivity contribution >= 4 is 51.6 Å². The summed E-state index contributed by atoms with van der Waals surface area (Å²) in [6, 6.07) is 15.9. The fraction of sp³-hybridized carbons (Fsp3) is 0.267. The predicted octanol–water partition coefficient (Wildman–Crippen LogP) is 5.22. The van der Waals surface area contributed by atoms with Crippen molar-refractivity contribution in [1.29, 1.82) is 5.26 Å². The van der Waals surface area contributed by atoms with Gasteiger partial charge in [-0.1, -0.05) is 66.8 Å². The molecule has 1 unspecified atom stereocenters. The lowest BCUT2D eigenvalue weighted by molar-refractivity contribution is -0.118. The maximum Gasteiger partial charge on any atom is 0.335 e. The summed E-state index contributed by atoms with van der Waals surface area (Å²) in [4.78, 5) is 38.9. The number of aromatic carboxylic acids is 1. The summed E-state index contributed by atoms with van der Waals surface area (Å²) < 4.78 is 0.511. The third kappa shape index (κ3) is 5.79. The number of nitrogens with zero attached hydrogens (tertiary/aromatic N) is 4. The van der Waals surface area contributed by atoms with Gasteiger partial charge in [0, 0.05) is 23.4 Å². The van der Waals surface area contributed by atoms with Crippen LogP contribution in [0.3, 0.4) is 0 Å². The molecule has 12 heteroatoms. The number of benzene rings is 2. The number of aromatic nitrogens is 2. The van der Waals surface area contributed by atoms with E-state index in [-0.39, 0.29) is 39.8 Å². The Morgan fingerprint density at radius 2 is 1.86 bits per heavy atom. The lowest BCUT2D eigenvalue weighted by atomic mass is 9.68. The molecule has 1 atom stereocenters. The Labute approximate surface area is 250 Å². The topological polar surface area (TPSA) is 162 Å². The lowest BCUT2D eigenvalue weighted by Crippen LogP contribution is -2.42. The number of amides is 1. The van der Waals surface area contributed by atoms with Crippen LogP contribution in [-0.4, -0.2) is 38.7 Å². The molecule has 0 saturated heterocycles. The smallest absolute Gasteiger partial charge is 0.335 e. The molecule has 5 rings (SSSR count). The average molecular weight is 601 g/mol. The summed E-state index contributed by atoms with van der Waals surface area (Å²) in [6.45, 7) is 6.04. The molecular weight excluding hydrogens is 573 g/mol. The highest BCUT2D eigenvalue weighted by Crippen LogP contribution is 2.50. The first-order valence-corrected chi connectivity index (χ1v) is 14.9. The molecule has 2 aromatic carbocycles. The first-order valence-electron chi connectivity index (χ1n) is 13.1. The summed E-state index contributed by atoms with van der Waals surface area (Å²) in [6.07, 6.45) is 0.910. The number of anilines is 2. The van der Waals surface area contributed by atoms with Crippen molar-refractivity contribution in [2.24, 2.45) is 11.1 Å². The minimum absolute atomic E-state index is 0.0238. The number of hydrogen-bond donors (Lipinski definition) is 3. The van der Waals surface area contributed by atoms with Crippen molar-refractivity contribution in [3.8, 4) is 6.07 Å². The first kappa shape index (κ1) is 29.0. The van der Waals surface area contributed by atoms with Gasteiger partial charge >= 0.3 is 5.97 Å². The van der Waals surface area contributed by atoms with E-state index in [0.29, 0.717) is 39.3 Å². The number of aryl methyl sites for hydroxylation is 1. The van der Waals surface area contributed by atoms with E-state index in [1.165, 1.54) is 47.4 Å². The Bertz CT molecular complexity index is 1680. The summed E-state index contributed by atoms with van der Waals surface area (Å²) >= 11 is 2.40. The molecule has 3 aromatic rings. The zero-order chi connectivity index (χ0) is 30.2. The molecule has 214 valence electrons. The minimum atomic E-state index is -1.05. The Morgan fingerprint density at radius 3 is 2.50 bits per heavy atom. The van der Waals surface area contributed by atoms with Gasteiger partial charge in [0.25, 0.3) is 0 Å². The van der Waals surface area contributed by atoms with Crippen molar-refractivity contribution < 1.29 is 19.5 Å². The van der Waals surface area contributed by atoms with E-state index in [4.69, 9.17) is 10.8 Å². The quantitative estimate of drug-likeness (QED) is 0.307. The van der Waals surface area contributed by atoms with Gasteiger partial charge in [-0.3, -0.25) is 14.5 Å². The van der Waals surface area contributed by atoms with Gasteiger partial charge < -0.3 is 16.2 Å². The number of Topliss-reactive ketones (excluding diaryl/α,β-unsaturated/α-hetero) is 1. The number of carboxylic acids is 1. The SMILES string of the molecule is Cc1ccc(C2C(C#N)=C(N)N(c3nnc(SCC(=O)Nc4ccc(C(=O)O)cc4)s3)C3=C2C(=O)CC(C)(C)C3)cc1. The molecule has 0 spiro atoms. The van der Waals surface area contributed by atoms with Crippen molar-refractivity contribution in [3.05, 3.63) is 87.9 Å². The number of nitrogens with one attached hydrogen (secondary N) is 1. The van der Waals surface area contributed by atoms with Crippen LogP contribution >= 0.6 is 23.1 Å². The molecule has 2 heterocycles. The third-order valence-corrected chi connectivity index (χ3v) is 9.16. The number of thioether (sulfide) groups is 1. The molecule has 1 amide bonds. The summed E-state index contributed by atoms with van der Waals surface area (Å²) in [5.41, 5.74) is 10.4. The zero-order valence-corrected chi connectivity index (χ0v) is 24.8. The van der Waals surface area contributed by atoms with E-state index in [2.05, 4.69) is 21.6 Å². The minimum Gasteiger partial charge on any atom is -0.478 e. The molecule has 1 aliphatic heterocycles. The largest absolute Gasteiger partial charge is 0.478 e. The normalized spacial score (nSPS) is 18.0. The fourth-order valence-electron chi connectivity index (χ4n) is 5.19. The van der Waals surface area contributed by atoms with Gasteiger partial charge in [-0.05, 0) is 48.6 Å². The Morgan fingerprint density at radius 1 is 1.17 bits per heavy atom. The van der Waals surface area contributed by atoms with E-state index in [1.54, 1.807) is 4.90 Å². The number of rotatable bonds is 7. The highest BCUT2D eigenvalue weighted by molar-refractivity contribution is 8.01. The highest BCUT2D eigenvalue weighted by atomic mass is 32.2. The van der Waals surface area contributed by atoms with Crippen molar-refractivity contribution in [3.63, 3.8) is 0 Å². The van der Waals surface area contributed by atoms with Gasteiger partial charge in [0.15, 0.2) is 10.1 Å². The Balaban J connectivity index is 1.42. The highest BCUT2D eigenvalue weighted by Gasteiger charge is 2.45. The van der Waals surface area contributed by atoms with Gasteiger partial charge in [0.05, 0.1) is 28.9 Å². The fourth-order valence-corrected chi connectivity index (χ4v) is 6.87. The van der Waals surface area contributed by atoms with Gasteiger partial charge in [0.1, 0.15) is 5.82 Å². The predicted molar refractivity (Wildman–Crippen MR) is 161 cm³/mol. The van der Waals surface area contributed by atoms with Crippen molar-refractivity contribution in [1.82, 2.24) is 10.2 Å². The second kappa shape index (κ2) is 11.4. The van der Waals surface area contributed by atoms with Gasteiger partial charge in [0.2, 0.25) is 11.0 Å². The monoisotopic (exact) mass is 600 g/mol.